The lowest BCUT2D eigenvalue weighted by Crippen LogP contribution is -2.29. The number of nitrogens with zero attached hydrogens (tertiary/aromatic N) is 3. The van der Waals surface area contributed by atoms with E-state index in [-0.39, 0.29) is 16.6 Å². The van der Waals surface area contributed by atoms with E-state index in [9.17, 15) is 4.79 Å². The van der Waals surface area contributed by atoms with Gasteiger partial charge >= 0.3 is 0 Å². The van der Waals surface area contributed by atoms with Crippen molar-refractivity contribution >= 4 is 22.8 Å². The topological polar surface area (TPSA) is 46.7 Å². The van der Waals surface area contributed by atoms with E-state index in [1.54, 1.807) is 11.3 Å². The first kappa shape index (κ1) is 24.8. The minimum atomic E-state index is -0.279. The maximum absolute atomic E-state index is 13.2. The predicted octanol–water partition coefficient (Wildman–Crippen LogP) is 7.05. The highest BCUT2D eigenvalue weighted by Gasteiger charge is 2.34. The standard InChI is InChI=1S/C30H33N3OS/c1-29(2,3)24-17-23(18-25(27(24)34)30(4,5)6)31-32-28-33(19-21-13-9-7-10-14-21)26(20-35-28)22-15-11-8-12-16-22/h7-18,20H,19H2,1-6H3/b32-28+. The van der Waals surface area contributed by atoms with Crippen molar-refractivity contribution in [3.05, 3.63) is 99.7 Å². The van der Waals surface area contributed by atoms with E-state index in [2.05, 4.69) is 93.0 Å². The smallest absolute Gasteiger partial charge is 0.211 e. The van der Waals surface area contributed by atoms with Crippen LogP contribution in [0, 0.1) is 10.8 Å². The first-order chi connectivity index (χ1) is 16.5. The summed E-state index contributed by atoms with van der Waals surface area (Å²) in [6.45, 7) is 13.1. The Kier molecular flexibility index (Phi) is 6.91. The summed E-state index contributed by atoms with van der Waals surface area (Å²) < 4.78 is 2.20. The van der Waals surface area contributed by atoms with Crippen LogP contribution in [0.2, 0.25) is 0 Å². The van der Waals surface area contributed by atoms with Gasteiger partial charge in [0, 0.05) is 16.5 Å². The van der Waals surface area contributed by atoms with Gasteiger partial charge in [-0.05, 0) is 34.1 Å². The molecule has 0 saturated carbocycles. The van der Waals surface area contributed by atoms with Crippen LogP contribution in [0.5, 0.6) is 0 Å². The van der Waals surface area contributed by atoms with Crippen LogP contribution in [0.3, 0.4) is 0 Å². The molecule has 0 radical (unpaired) electrons. The molecule has 0 unspecified atom stereocenters. The van der Waals surface area contributed by atoms with Gasteiger partial charge in [-0.1, -0.05) is 102 Å². The first-order valence-electron chi connectivity index (χ1n) is 11.9. The zero-order valence-corrected chi connectivity index (χ0v) is 22.2. The zero-order chi connectivity index (χ0) is 25.2. The number of thiazole rings is 1. The van der Waals surface area contributed by atoms with Crippen molar-refractivity contribution in [2.45, 2.75) is 48.1 Å². The number of Topliss-reactive ketones (excluding diaryl/α,β-unsaturated/α-hetero) is 1. The third-order valence-corrected chi connectivity index (χ3v) is 6.85. The van der Waals surface area contributed by atoms with Gasteiger partial charge < -0.3 is 4.57 Å². The molecule has 0 spiro atoms. The average Bonchev–Trinajstić information content (AvgIpc) is 3.20. The van der Waals surface area contributed by atoms with E-state index in [1.165, 1.54) is 5.56 Å². The number of benzene rings is 2. The highest BCUT2D eigenvalue weighted by Crippen LogP contribution is 2.37. The van der Waals surface area contributed by atoms with Gasteiger partial charge in [0.05, 0.1) is 18.0 Å². The lowest BCUT2D eigenvalue weighted by atomic mass is 9.72. The largest absolute Gasteiger partial charge is 0.311 e. The van der Waals surface area contributed by atoms with Crippen molar-refractivity contribution in [2.75, 3.05) is 0 Å². The summed E-state index contributed by atoms with van der Waals surface area (Å²) in [6.07, 6.45) is 3.79. The molecule has 3 aromatic rings. The maximum Gasteiger partial charge on any atom is 0.211 e. The number of hydrogen-bond donors (Lipinski definition) is 0. The summed E-state index contributed by atoms with van der Waals surface area (Å²) in [7, 11) is 0. The van der Waals surface area contributed by atoms with Gasteiger partial charge in [0.1, 0.15) is 0 Å². The van der Waals surface area contributed by atoms with Crippen molar-refractivity contribution in [1.29, 1.82) is 0 Å². The second-order valence-corrected chi connectivity index (χ2v) is 11.7. The minimum Gasteiger partial charge on any atom is -0.311 e. The van der Waals surface area contributed by atoms with Crippen LogP contribution in [0.1, 0.15) is 47.1 Å². The second-order valence-electron chi connectivity index (χ2n) is 10.9. The molecule has 1 aliphatic carbocycles. The number of aromatic nitrogens is 1. The molecule has 0 N–H and O–H groups in total. The molecule has 1 aromatic heterocycles. The average molecular weight is 484 g/mol. The summed E-state index contributed by atoms with van der Waals surface area (Å²) >= 11 is 1.57. The van der Waals surface area contributed by atoms with Gasteiger partial charge in [0.15, 0.2) is 5.78 Å². The number of ketones is 1. The monoisotopic (exact) mass is 483 g/mol. The molecule has 180 valence electrons. The minimum absolute atomic E-state index is 0.102. The van der Waals surface area contributed by atoms with Crippen molar-refractivity contribution < 1.29 is 4.79 Å². The lowest BCUT2D eigenvalue weighted by molar-refractivity contribution is -0.114. The van der Waals surface area contributed by atoms with Crippen LogP contribution < -0.4 is 4.80 Å². The van der Waals surface area contributed by atoms with Gasteiger partial charge in [-0.15, -0.1) is 21.5 Å². The molecule has 0 amide bonds. The summed E-state index contributed by atoms with van der Waals surface area (Å²) in [6, 6.07) is 20.7. The Labute approximate surface area is 212 Å². The molecule has 0 atom stereocenters. The fraction of sp³-hybridized carbons (Fsp3) is 0.300. The second kappa shape index (κ2) is 9.74. The van der Waals surface area contributed by atoms with Crippen LogP contribution in [0.25, 0.3) is 11.3 Å². The summed E-state index contributed by atoms with van der Waals surface area (Å²) in [4.78, 5) is 14.0. The Bertz CT molecular complexity index is 1340. The molecule has 1 heterocycles. The molecule has 4 nitrogen and oxygen atoms in total. The zero-order valence-electron chi connectivity index (χ0n) is 21.4. The summed E-state index contributed by atoms with van der Waals surface area (Å²) in [5.41, 5.74) is 5.14. The van der Waals surface area contributed by atoms with Crippen LogP contribution >= 0.6 is 11.3 Å². The summed E-state index contributed by atoms with van der Waals surface area (Å²) in [5.74, 6) is 0.102. The Balaban J connectivity index is 1.84. The molecule has 1 aliphatic rings. The van der Waals surface area contributed by atoms with Gasteiger partial charge in [-0.2, -0.15) is 0 Å². The SMILES string of the molecule is CC(C)(C)C1=CC(=N/N=c2/scc(-c3ccccc3)n2Cc2ccccc2)C=C(C(C)(C)C)C1=O. The van der Waals surface area contributed by atoms with Gasteiger partial charge in [0.25, 0.3) is 0 Å². The van der Waals surface area contributed by atoms with Crippen molar-refractivity contribution in [3.63, 3.8) is 0 Å². The van der Waals surface area contributed by atoms with Crippen LogP contribution in [0.15, 0.2) is 99.5 Å². The van der Waals surface area contributed by atoms with E-state index in [0.29, 0.717) is 12.3 Å². The van der Waals surface area contributed by atoms with E-state index < -0.39 is 0 Å². The van der Waals surface area contributed by atoms with Crippen molar-refractivity contribution in [3.8, 4) is 11.3 Å². The van der Waals surface area contributed by atoms with E-state index >= 15 is 0 Å². The Morgan fingerprint density at radius 2 is 1.31 bits per heavy atom. The van der Waals surface area contributed by atoms with E-state index in [4.69, 9.17) is 5.10 Å². The molecular weight excluding hydrogens is 450 g/mol. The van der Waals surface area contributed by atoms with Gasteiger partial charge in [0.2, 0.25) is 4.80 Å². The quantitative estimate of drug-likeness (QED) is 0.290. The van der Waals surface area contributed by atoms with E-state index in [1.807, 2.05) is 36.4 Å². The fourth-order valence-corrected chi connectivity index (χ4v) is 4.91. The van der Waals surface area contributed by atoms with Gasteiger partial charge in [-0.3, -0.25) is 4.79 Å². The predicted molar refractivity (Wildman–Crippen MR) is 146 cm³/mol. The maximum atomic E-state index is 13.2. The first-order valence-corrected chi connectivity index (χ1v) is 12.8. The number of hydrogen-bond acceptors (Lipinski definition) is 4. The number of rotatable bonds is 4. The van der Waals surface area contributed by atoms with E-state index in [0.717, 1.165) is 27.2 Å². The molecular formula is C30H33N3OS. The highest BCUT2D eigenvalue weighted by atomic mass is 32.1. The molecule has 0 fully saturated rings. The molecule has 2 aromatic carbocycles. The Hall–Kier alpha value is -3.31. The van der Waals surface area contributed by atoms with Crippen LogP contribution in [-0.4, -0.2) is 16.1 Å². The molecule has 0 saturated heterocycles. The Morgan fingerprint density at radius 1 is 0.771 bits per heavy atom. The van der Waals surface area contributed by atoms with Crippen LogP contribution in [-0.2, 0) is 11.3 Å². The van der Waals surface area contributed by atoms with Crippen LogP contribution in [0.4, 0.5) is 0 Å². The molecule has 0 bridgehead atoms. The van der Waals surface area contributed by atoms with Gasteiger partial charge in [-0.25, -0.2) is 0 Å². The molecule has 4 rings (SSSR count). The normalized spacial score (nSPS) is 15.2. The van der Waals surface area contributed by atoms with Crippen molar-refractivity contribution in [2.24, 2.45) is 21.0 Å². The summed E-state index contributed by atoms with van der Waals surface area (Å²) in [5, 5.41) is 11.5. The number of carbonyl (C=O) groups excluding carboxylic acids is 1. The molecule has 5 heteroatoms. The molecule has 0 aliphatic heterocycles. The number of carbonyl (C=O) groups is 1. The Morgan fingerprint density at radius 3 is 1.86 bits per heavy atom. The number of allylic oxidation sites excluding steroid dienone is 4. The lowest BCUT2D eigenvalue weighted by Gasteiger charge is -2.30. The third-order valence-electron chi connectivity index (χ3n) is 5.99. The van der Waals surface area contributed by atoms with Crippen molar-refractivity contribution in [1.82, 2.24) is 4.57 Å². The highest BCUT2D eigenvalue weighted by molar-refractivity contribution is 7.07. The molecule has 35 heavy (non-hydrogen) atoms. The fourth-order valence-electron chi connectivity index (χ4n) is 4.05. The third kappa shape index (κ3) is 5.68.